The first kappa shape index (κ1) is 15.8. The van der Waals surface area contributed by atoms with Crippen LogP contribution < -0.4 is 5.32 Å². The van der Waals surface area contributed by atoms with Gasteiger partial charge in [0.2, 0.25) is 0 Å². The Morgan fingerprint density at radius 3 is 2.05 bits per heavy atom. The van der Waals surface area contributed by atoms with Crippen LogP contribution in [0.2, 0.25) is 0 Å². The van der Waals surface area contributed by atoms with Gasteiger partial charge in [0.25, 0.3) is 0 Å². The Kier molecular flexibility index (Phi) is 6.12. The molecule has 1 aliphatic rings. The molecular formula is C14H26N2O3. The van der Waals surface area contributed by atoms with Crippen LogP contribution in [-0.4, -0.2) is 41.6 Å². The fraction of sp³-hybridized carbons (Fsp3) is 0.857. The lowest BCUT2D eigenvalue weighted by Crippen LogP contribution is -2.44. The lowest BCUT2D eigenvalue weighted by atomic mass is 10.1. The van der Waals surface area contributed by atoms with Crippen molar-refractivity contribution in [1.82, 2.24) is 10.2 Å². The van der Waals surface area contributed by atoms with Gasteiger partial charge in [-0.3, -0.25) is 4.79 Å². The van der Waals surface area contributed by atoms with E-state index in [1.165, 1.54) is 0 Å². The Morgan fingerprint density at radius 2 is 1.68 bits per heavy atom. The summed E-state index contributed by atoms with van der Waals surface area (Å²) in [5.74, 6) is -0.790. The molecule has 2 N–H and O–H groups in total. The fourth-order valence-corrected chi connectivity index (χ4v) is 1.99. The van der Waals surface area contributed by atoms with Crippen molar-refractivity contribution in [1.29, 1.82) is 0 Å². The van der Waals surface area contributed by atoms with Crippen LogP contribution in [0.5, 0.6) is 0 Å². The summed E-state index contributed by atoms with van der Waals surface area (Å²) < 4.78 is 0. The molecule has 1 fully saturated rings. The van der Waals surface area contributed by atoms with Gasteiger partial charge in [0.1, 0.15) is 0 Å². The first-order chi connectivity index (χ1) is 9.05. The van der Waals surface area contributed by atoms with Crippen molar-refractivity contribution in [3.63, 3.8) is 0 Å². The van der Waals surface area contributed by atoms with E-state index in [-0.39, 0.29) is 12.6 Å². The van der Waals surface area contributed by atoms with Gasteiger partial charge < -0.3 is 15.3 Å². The number of carboxylic acid groups (broad SMARTS) is 1. The SMILES string of the molecule is CCCCN(CCCC)C(=O)NCC1(C(=O)O)CC1. The van der Waals surface area contributed by atoms with Gasteiger partial charge in [-0.1, -0.05) is 26.7 Å². The Labute approximate surface area is 115 Å². The zero-order valence-electron chi connectivity index (χ0n) is 12.1. The van der Waals surface area contributed by atoms with Gasteiger partial charge in [-0.25, -0.2) is 4.79 Å². The summed E-state index contributed by atoms with van der Waals surface area (Å²) in [5.41, 5.74) is -0.684. The van der Waals surface area contributed by atoms with E-state index < -0.39 is 11.4 Å². The van der Waals surface area contributed by atoms with E-state index in [1.54, 1.807) is 0 Å². The highest BCUT2D eigenvalue weighted by atomic mass is 16.4. The van der Waals surface area contributed by atoms with E-state index in [2.05, 4.69) is 19.2 Å². The number of unbranched alkanes of at least 4 members (excludes halogenated alkanes) is 2. The number of nitrogens with one attached hydrogen (secondary N) is 1. The summed E-state index contributed by atoms with van der Waals surface area (Å²) in [6.07, 6.45) is 5.42. The molecule has 2 amide bonds. The van der Waals surface area contributed by atoms with Crippen LogP contribution in [0.3, 0.4) is 0 Å². The summed E-state index contributed by atoms with van der Waals surface area (Å²) in [7, 11) is 0. The third-order valence-electron chi connectivity index (χ3n) is 3.74. The Morgan fingerprint density at radius 1 is 1.16 bits per heavy atom. The van der Waals surface area contributed by atoms with Crippen LogP contribution >= 0.6 is 0 Å². The predicted octanol–water partition coefficient (Wildman–Crippen LogP) is 2.46. The number of urea groups is 1. The Hall–Kier alpha value is -1.26. The average molecular weight is 270 g/mol. The molecule has 0 heterocycles. The Balaban J connectivity index is 2.40. The van der Waals surface area contributed by atoms with E-state index in [9.17, 15) is 9.59 Å². The maximum Gasteiger partial charge on any atom is 0.317 e. The van der Waals surface area contributed by atoms with Gasteiger partial charge in [0, 0.05) is 19.6 Å². The quantitative estimate of drug-likeness (QED) is 0.676. The highest BCUT2D eigenvalue weighted by Gasteiger charge is 2.50. The number of carbonyl (C=O) groups excluding carboxylic acids is 1. The standard InChI is InChI=1S/C14H26N2O3/c1-3-5-9-16(10-6-4-2)13(19)15-11-14(7-8-14)12(17)18/h3-11H2,1-2H3,(H,15,19)(H,17,18). The topological polar surface area (TPSA) is 69.6 Å². The summed E-state index contributed by atoms with van der Waals surface area (Å²) in [6.45, 7) is 5.96. The summed E-state index contributed by atoms with van der Waals surface area (Å²) in [6, 6.07) is -0.116. The molecule has 19 heavy (non-hydrogen) atoms. The number of aliphatic carboxylic acids is 1. The van der Waals surface area contributed by atoms with Crippen molar-refractivity contribution in [2.45, 2.75) is 52.4 Å². The number of carbonyl (C=O) groups is 2. The van der Waals surface area contributed by atoms with Gasteiger partial charge in [-0.2, -0.15) is 0 Å². The van der Waals surface area contributed by atoms with Crippen molar-refractivity contribution in [2.75, 3.05) is 19.6 Å². The van der Waals surface area contributed by atoms with E-state index in [0.29, 0.717) is 12.8 Å². The van der Waals surface area contributed by atoms with Crippen LogP contribution in [0.15, 0.2) is 0 Å². The van der Waals surface area contributed by atoms with E-state index in [0.717, 1.165) is 38.8 Å². The molecule has 0 saturated heterocycles. The van der Waals surface area contributed by atoms with Crippen molar-refractivity contribution in [3.05, 3.63) is 0 Å². The largest absolute Gasteiger partial charge is 0.481 e. The third kappa shape index (κ3) is 4.73. The van der Waals surface area contributed by atoms with Crippen LogP contribution in [0.1, 0.15) is 52.4 Å². The molecule has 0 radical (unpaired) electrons. The number of hydrogen-bond donors (Lipinski definition) is 2. The molecule has 1 rings (SSSR count). The van der Waals surface area contributed by atoms with E-state index in [1.807, 2.05) is 4.90 Å². The summed E-state index contributed by atoms with van der Waals surface area (Å²) in [5, 5.41) is 11.9. The summed E-state index contributed by atoms with van der Waals surface area (Å²) >= 11 is 0. The smallest absolute Gasteiger partial charge is 0.317 e. The molecule has 0 aromatic heterocycles. The maximum absolute atomic E-state index is 12.1. The van der Waals surface area contributed by atoms with E-state index >= 15 is 0 Å². The minimum absolute atomic E-state index is 0.116. The van der Waals surface area contributed by atoms with Gasteiger partial charge in [0.15, 0.2) is 0 Å². The van der Waals surface area contributed by atoms with E-state index in [4.69, 9.17) is 5.11 Å². The first-order valence-corrected chi connectivity index (χ1v) is 7.32. The second-order valence-electron chi connectivity index (χ2n) is 5.44. The highest BCUT2D eigenvalue weighted by molar-refractivity contribution is 5.80. The number of nitrogens with zero attached hydrogens (tertiary/aromatic N) is 1. The summed E-state index contributed by atoms with van der Waals surface area (Å²) in [4.78, 5) is 24.9. The first-order valence-electron chi connectivity index (χ1n) is 7.32. The molecule has 5 nitrogen and oxygen atoms in total. The lowest BCUT2D eigenvalue weighted by Gasteiger charge is -2.23. The van der Waals surface area contributed by atoms with Gasteiger partial charge in [-0.15, -0.1) is 0 Å². The van der Waals surface area contributed by atoms with Crippen LogP contribution in [-0.2, 0) is 4.79 Å². The second-order valence-corrected chi connectivity index (χ2v) is 5.44. The van der Waals surface area contributed by atoms with Gasteiger partial charge >= 0.3 is 12.0 Å². The maximum atomic E-state index is 12.1. The van der Waals surface area contributed by atoms with Crippen LogP contribution in [0, 0.1) is 5.41 Å². The van der Waals surface area contributed by atoms with Crippen LogP contribution in [0.4, 0.5) is 4.79 Å². The number of rotatable bonds is 9. The van der Waals surface area contributed by atoms with Crippen molar-refractivity contribution < 1.29 is 14.7 Å². The zero-order chi connectivity index (χ0) is 14.3. The van der Waals surface area contributed by atoms with Crippen molar-refractivity contribution in [2.24, 2.45) is 5.41 Å². The molecule has 0 spiro atoms. The fourth-order valence-electron chi connectivity index (χ4n) is 1.99. The third-order valence-corrected chi connectivity index (χ3v) is 3.74. The lowest BCUT2D eigenvalue weighted by molar-refractivity contribution is -0.143. The van der Waals surface area contributed by atoms with Crippen LogP contribution in [0.25, 0.3) is 0 Å². The molecule has 0 bridgehead atoms. The van der Waals surface area contributed by atoms with Crippen molar-refractivity contribution in [3.8, 4) is 0 Å². The molecule has 0 aromatic carbocycles. The van der Waals surface area contributed by atoms with Crippen molar-refractivity contribution >= 4 is 12.0 Å². The molecule has 1 saturated carbocycles. The minimum Gasteiger partial charge on any atom is -0.481 e. The molecular weight excluding hydrogens is 244 g/mol. The number of amides is 2. The van der Waals surface area contributed by atoms with Gasteiger partial charge in [-0.05, 0) is 25.7 Å². The molecule has 110 valence electrons. The number of carboxylic acids is 1. The molecule has 0 atom stereocenters. The minimum atomic E-state index is -0.790. The van der Waals surface area contributed by atoms with Gasteiger partial charge in [0.05, 0.1) is 5.41 Å². The molecule has 0 aliphatic heterocycles. The average Bonchev–Trinajstić information content (AvgIpc) is 3.17. The zero-order valence-corrected chi connectivity index (χ0v) is 12.1. The Bertz CT molecular complexity index is 306. The molecule has 1 aliphatic carbocycles. The monoisotopic (exact) mass is 270 g/mol. The predicted molar refractivity (Wildman–Crippen MR) is 74.1 cm³/mol. The second kappa shape index (κ2) is 7.36. The highest BCUT2D eigenvalue weighted by Crippen LogP contribution is 2.45. The normalized spacial score (nSPS) is 15.9. The molecule has 5 heteroatoms. The molecule has 0 unspecified atom stereocenters. The number of hydrogen-bond acceptors (Lipinski definition) is 2. The molecule has 0 aromatic rings.